The van der Waals surface area contributed by atoms with E-state index in [9.17, 15) is 22.4 Å². The molecule has 1 aliphatic rings. The predicted octanol–water partition coefficient (Wildman–Crippen LogP) is 1.57. The zero-order valence-corrected chi connectivity index (χ0v) is 16.9. The molecule has 0 saturated carbocycles. The second kappa shape index (κ2) is 9.79. The molecule has 1 amide bonds. The lowest BCUT2D eigenvalue weighted by atomic mass is 10.1. The molecule has 2 aromatic carbocycles. The number of hydrogen-bond donors (Lipinski definition) is 1. The minimum atomic E-state index is -3.69. The van der Waals surface area contributed by atoms with Gasteiger partial charge in [-0.3, -0.25) is 9.59 Å². The van der Waals surface area contributed by atoms with Crippen LogP contribution < -0.4 is 5.32 Å². The molecule has 0 aromatic heterocycles. The molecule has 0 bridgehead atoms. The molecule has 0 spiro atoms. The Labute approximate surface area is 173 Å². The summed E-state index contributed by atoms with van der Waals surface area (Å²) in [7, 11) is -3.69. The summed E-state index contributed by atoms with van der Waals surface area (Å²) in [5, 5.41) is 2.51. The number of nitrogens with one attached hydrogen (secondary N) is 1. The SMILES string of the molecule is O=C(COC(=O)Cc1ccc(F)cc1)Nc1cccc(S(=O)(=O)N2CCOCC2)c1. The average molecular weight is 436 g/mol. The molecule has 1 saturated heterocycles. The first kappa shape index (κ1) is 21.9. The molecule has 160 valence electrons. The number of ether oxygens (including phenoxy) is 2. The summed E-state index contributed by atoms with van der Waals surface area (Å²) in [6.45, 7) is 0.671. The fourth-order valence-corrected chi connectivity index (χ4v) is 4.29. The largest absolute Gasteiger partial charge is 0.455 e. The van der Waals surface area contributed by atoms with Gasteiger partial charge in [-0.2, -0.15) is 4.31 Å². The standard InChI is InChI=1S/C20H21FN2O6S/c21-16-6-4-15(5-7-16)12-20(25)29-14-19(24)22-17-2-1-3-18(13-17)30(26,27)23-8-10-28-11-9-23/h1-7,13H,8-12,14H2,(H,22,24). The van der Waals surface area contributed by atoms with Crippen LogP contribution in [0.25, 0.3) is 0 Å². The maximum Gasteiger partial charge on any atom is 0.310 e. The molecule has 0 aliphatic carbocycles. The van der Waals surface area contributed by atoms with Gasteiger partial charge in [-0.05, 0) is 35.9 Å². The molecule has 1 N–H and O–H groups in total. The number of anilines is 1. The number of rotatable bonds is 7. The van der Waals surface area contributed by atoms with E-state index in [4.69, 9.17) is 9.47 Å². The Morgan fingerprint density at radius 1 is 1.10 bits per heavy atom. The van der Waals surface area contributed by atoms with Crippen LogP contribution in [0.2, 0.25) is 0 Å². The first-order valence-electron chi connectivity index (χ1n) is 9.22. The number of halogens is 1. The summed E-state index contributed by atoms with van der Waals surface area (Å²) in [6, 6.07) is 11.2. The first-order chi connectivity index (χ1) is 14.3. The topological polar surface area (TPSA) is 102 Å². The van der Waals surface area contributed by atoms with Gasteiger partial charge in [0.25, 0.3) is 5.91 Å². The van der Waals surface area contributed by atoms with Gasteiger partial charge in [-0.15, -0.1) is 0 Å². The highest BCUT2D eigenvalue weighted by Gasteiger charge is 2.26. The van der Waals surface area contributed by atoms with E-state index in [1.807, 2.05) is 0 Å². The number of nitrogens with zero attached hydrogens (tertiary/aromatic N) is 1. The van der Waals surface area contributed by atoms with Crippen molar-refractivity contribution in [1.29, 1.82) is 0 Å². The Morgan fingerprint density at radius 2 is 1.80 bits per heavy atom. The van der Waals surface area contributed by atoms with E-state index in [1.165, 1.54) is 52.8 Å². The third-order valence-electron chi connectivity index (χ3n) is 4.35. The van der Waals surface area contributed by atoms with Crippen LogP contribution >= 0.6 is 0 Å². The van der Waals surface area contributed by atoms with Crippen molar-refractivity contribution in [3.8, 4) is 0 Å². The summed E-state index contributed by atoms with van der Waals surface area (Å²) >= 11 is 0. The lowest BCUT2D eigenvalue weighted by molar-refractivity contribution is -0.146. The number of amides is 1. The van der Waals surface area contributed by atoms with Gasteiger partial charge in [0.1, 0.15) is 5.82 Å². The molecule has 0 atom stereocenters. The van der Waals surface area contributed by atoms with Crippen molar-refractivity contribution in [3.05, 3.63) is 59.9 Å². The second-order valence-electron chi connectivity index (χ2n) is 6.56. The predicted molar refractivity (Wildman–Crippen MR) is 106 cm³/mol. The number of morpholine rings is 1. The van der Waals surface area contributed by atoms with Crippen LogP contribution in [-0.4, -0.2) is 57.5 Å². The summed E-state index contributed by atoms with van der Waals surface area (Å²) in [5.74, 6) is -1.66. The van der Waals surface area contributed by atoms with Crippen LogP contribution in [0.3, 0.4) is 0 Å². The molecule has 30 heavy (non-hydrogen) atoms. The lowest BCUT2D eigenvalue weighted by Crippen LogP contribution is -2.40. The lowest BCUT2D eigenvalue weighted by Gasteiger charge is -2.26. The third-order valence-corrected chi connectivity index (χ3v) is 6.25. The normalized spacial score (nSPS) is 14.8. The number of carbonyl (C=O) groups is 2. The van der Waals surface area contributed by atoms with Gasteiger partial charge in [0, 0.05) is 18.8 Å². The molecule has 3 rings (SSSR count). The van der Waals surface area contributed by atoms with Crippen molar-refractivity contribution in [3.63, 3.8) is 0 Å². The zero-order chi connectivity index (χ0) is 21.6. The second-order valence-corrected chi connectivity index (χ2v) is 8.49. The van der Waals surface area contributed by atoms with Crippen molar-refractivity contribution in [2.24, 2.45) is 0 Å². The molecule has 1 fully saturated rings. The molecular weight excluding hydrogens is 415 g/mol. The van der Waals surface area contributed by atoms with Gasteiger partial charge in [-0.1, -0.05) is 18.2 Å². The van der Waals surface area contributed by atoms with Gasteiger partial charge in [0.05, 0.1) is 24.5 Å². The Bertz CT molecular complexity index is 1000. The summed E-state index contributed by atoms with van der Waals surface area (Å²) in [5.41, 5.74) is 0.826. The van der Waals surface area contributed by atoms with E-state index in [-0.39, 0.29) is 30.1 Å². The molecule has 2 aromatic rings. The van der Waals surface area contributed by atoms with E-state index in [2.05, 4.69) is 5.32 Å². The van der Waals surface area contributed by atoms with Crippen molar-refractivity contribution in [2.75, 3.05) is 38.2 Å². The number of benzene rings is 2. The number of hydrogen-bond acceptors (Lipinski definition) is 6. The molecule has 0 unspecified atom stereocenters. The summed E-state index contributed by atoms with van der Waals surface area (Å²) in [4.78, 5) is 23.9. The van der Waals surface area contributed by atoms with Crippen LogP contribution in [0.4, 0.5) is 10.1 Å². The first-order valence-corrected chi connectivity index (χ1v) is 10.7. The van der Waals surface area contributed by atoms with E-state index in [0.29, 0.717) is 18.8 Å². The highest BCUT2D eigenvalue weighted by molar-refractivity contribution is 7.89. The molecule has 1 heterocycles. The minimum Gasteiger partial charge on any atom is -0.455 e. The summed E-state index contributed by atoms with van der Waals surface area (Å²) < 4.78 is 49.7. The average Bonchev–Trinajstić information content (AvgIpc) is 2.75. The Kier molecular flexibility index (Phi) is 7.14. The van der Waals surface area contributed by atoms with E-state index < -0.39 is 34.3 Å². The monoisotopic (exact) mass is 436 g/mol. The number of esters is 1. The van der Waals surface area contributed by atoms with E-state index >= 15 is 0 Å². The fraction of sp³-hybridized carbons (Fsp3) is 0.300. The Morgan fingerprint density at radius 3 is 2.50 bits per heavy atom. The molecule has 10 heteroatoms. The molecule has 1 aliphatic heterocycles. The van der Waals surface area contributed by atoms with Crippen molar-refractivity contribution in [1.82, 2.24) is 4.31 Å². The maximum atomic E-state index is 12.9. The van der Waals surface area contributed by atoms with Crippen LogP contribution in [0.1, 0.15) is 5.56 Å². The quantitative estimate of drug-likeness (QED) is 0.661. The van der Waals surface area contributed by atoms with Crippen molar-refractivity contribution < 1.29 is 31.9 Å². The third kappa shape index (κ3) is 5.85. The fourth-order valence-electron chi connectivity index (χ4n) is 2.83. The van der Waals surface area contributed by atoms with E-state index in [1.54, 1.807) is 0 Å². The van der Waals surface area contributed by atoms with E-state index in [0.717, 1.165) is 0 Å². The summed E-state index contributed by atoms with van der Waals surface area (Å²) in [6.07, 6.45) is -0.0964. The smallest absolute Gasteiger partial charge is 0.310 e. The van der Waals surface area contributed by atoms with Crippen LogP contribution in [-0.2, 0) is 35.5 Å². The zero-order valence-electron chi connectivity index (χ0n) is 16.0. The highest BCUT2D eigenvalue weighted by Crippen LogP contribution is 2.20. The van der Waals surface area contributed by atoms with Gasteiger partial charge in [0.15, 0.2) is 6.61 Å². The molecular formula is C20H21FN2O6S. The van der Waals surface area contributed by atoms with Crippen molar-refractivity contribution >= 4 is 27.6 Å². The molecule has 0 radical (unpaired) electrons. The Balaban J connectivity index is 1.54. The van der Waals surface area contributed by atoms with Crippen LogP contribution in [0.15, 0.2) is 53.4 Å². The Hall–Kier alpha value is -2.82. The van der Waals surface area contributed by atoms with Gasteiger partial charge >= 0.3 is 5.97 Å². The number of sulfonamides is 1. The van der Waals surface area contributed by atoms with Gasteiger partial charge in [-0.25, -0.2) is 12.8 Å². The highest BCUT2D eigenvalue weighted by atomic mass is 32.2. The van der Waals surface area contributed by atoms with Crippen molar-refractivity contribution in [2.45, 2.75) is 11.3 Å². The minimum absolute atomic E-state index is 0.0514. The van der Waals surface area contributed by atoms with Crippen LogP contribution in [0.5, 0.6) is 0 Å². The van der Waals surface area contributed by atoms with Gasteiger partial charge < -0.3 is 14.8 Å². The van der Waals surface area contributed by atoms with Gasteiger partial charge in [0.2, 0.25) is 10.0 Å². The van der Waals surface area contributed by atoms with Crippen LogP contribution in [0, 0.1) is 5.82 Å². The maximum absolute atomic E-state index is 12.9. The number of carbonyl (C=O) groups excluding carboxylic acids is 2. The molecule has 8 nitrogen and oxygen atoms in total.